The van der Waals surface area contributed by atoms with Crippen LogP contribution in [0, 0.1) is 0 Å². The molecule has 5 heteroatoms. The Bertz CT molecular complexity index is 688. The molecule has 2 saturated heterocycles. The summed E-state index contributed by atoms with van der Waals surface area (Å²) in [7, 11) is 0. The van der Waals surface area contributed by atoms with Crippen LogP contribution in [0.4, 0.5) is 0 Å². The molecule has 3 heterocycles. The number of hydrogen-bond donors (Lipinski definition) is 0. The zero-order valence-electron chi connectivity index (χ0n) is 15.7. The topological polar surface area (TPSA) is 29.9 Å². The van der Waals surface area contributed by atoms with Gasteiger partial charge in [0.2, 0.25) is 0 Å². The fourth-order valence-corrected chi connectivity index (χ4v) is 4.10. The summed E-state index contributed by atoms with van der Waals surface area (Å²) in [6.07, 6.45) is 4.77. The summed E-state index contributed by atoms with van der Waals surface area (Å²) in [5.74, 6) is 0. The third-order valence-electron chi connectivity index (χ3n) is 5.66. The molecule has 2 aliphatic heterocycles. The quantitative estimate of drug-likeness (QED) is 0.760. The minimum atomic E-state index is 0.874. The predicted molar refractivity (Wildman–Crippen MR) is 105 cm³/mol. The summed E-state index contributed by atoms with van der Waals surface area (Å²) in [5.41, 5.74) is 2.87. The first-order valence-corrected chi connectivity index (χ1v) is 10.1. The lowest BCUT2D eigenvalue weighted by atomic mass is 10.1. The van der Waals surface area contributed by atoms with E-state index in [4.69, 9.17) is 9.47 Å². The fraction of sp³-hybridized carbons (Fsp3) is 0.619. The molecule has 2 fully saturated rings. The van der Waals surface area contributed by atoms with E-state index in [0.29, 0.717) is 0 Å². The van der Waals surface area contributed by atoms with E-state index in [9.17, 15) is 0 Å². The molecule has 0 N–H and O–H groups in total. The molecular weight excluding hydrogens is 326 g/mol. The molecule has 142 valence electrons. The molecule has 0 atom stereocenters. The third-order valence-corrected chi connectivity index (χ3v) is 5.66. The zero-order valence-corrected chi connectivity index (χ0v) is 15.7. The van der Waals surface area contributed by atoms with Crippen molar-refractivity contribution in [2.24, 2.45) is 0 Å². The number of rotatable bonds is 7. The largest absolute Gasteiger partial charge is 0.379 e. The van der Waals surface area contributed by atoms with Gasteiger partial charge in [-0.05, 0) is 31.0 Å². The Kier molecular flexibility index (Phi) is 6.22. The van der Waals surface area contributed by atoms with Gasteiger partial charge >= 0.3 is 0 Å². The molecule has 1 aromatic heterocycles. The molecule has 5 nitrogen and oxygen atoms in total. The highest BCUT2D eigenvalue weighted by molar-refractivity contribution is 5.84. The maximum absolute atomic E-state index is 5.46. The van der Waals surface area contributed by atoms with E-state index >= 15 is 0 Å². The lowest BCUT2D eigenvalue weighted by molar-refractivity contribution is 0.0365. The average molecular weight is 357 g/mol. The van der Waals surface area contributed by atoms with Gasteiger partial charge in [-0.2, -0.15) is 0 Å². The first-order chi connectivity index (χ1) is 12.9. The number of hydrogen-bond acceptors (Lipinski definition) is 4. The third kappa shape index (κ3) is 4.46. The molecule has 1 aromatic carbocycles. The van der Waals surface area contributed by atoms with Gasteiger partial charge in [-0.15, -0.1) is 0 Å². The van der Waals surface area contributed by atoms with Gasteiger partial charge in [0.25, 0.3) is 0 Å². The number of ether oxygens (including phenoxy) is 2. The number of nitrogens with zero attached hydrogens (tertiary/aromatic N) is 3. The van der Waals surface area contributed by atoms with Crippen molar-refractivity contribution in [1.29, 1.82) is 0 Å². The second kappa shape index (κ2) is 9.00. The van der Waals surface area contributed by atoms with E-state index in [2.05, 4.69) is 44.8 Å². The minimum Gasteiger partial charge on any atom is -0.379 e. The van der Waals surface area contributed by atoms with Crippen LogP contribution >= 0.6 is 0 Å². The Labute approximate surface area is 156 Å². The van der Waals surface area contributed by atoms with Crippen LogP contribution in [0.5, 0.6) is 0 Å². The maximum Gasteiger partial charge on any atom is 0.0594 e. The van der Waals surface area contributed by atoms with Gasteiger partial charge in [0.15, 0.2) is 0 Å². The van der Waals surface area contributed by atoms with E-state index in [1.54, 1.807) is 0 Å². The molecular formula is C21H31N3O2. The highest BCUT2D eigenvalue weighted by Gasteiger charge is 2.13. The molecule has 0 spiro atoms. The summed E-state index contributed by atoms with van der Waals surface area (Å²) >= 11 is 0. The van der Waals surface area contributed by atoms with Gasteiger partial charge in [0, 0.05) is 56.4 Å². The lowest BCUT2D eigenvalue weighted by Crippen LogP contribution is -2.38. The average Bonchev–Trinajstić information content (AvgIpc) is 3.06. The number of aromatic nitrogens is 1. The van der Waals surface area contributed by atoms with Gasteiger partial charge in [-0.3, -0.25) is 9.80 Å². The van der Waals surface area contributed by atoms with Crippen LogP contribution in [-0.4, -0.2) is 80.1 Å². The Hall–Kier alpha value is -1.40. The number of benzene rings is 1. The highest BCUT2D eigenvalue weighted by atomic mass is 16.5. The van der Waals surface area contributed by atoms with E-state index in [1.165, 1.54) is 29.4 Å². The van der Waals surface area contributed by atoms with Crippen LogP contribution in [0.15, 0.2) is 30.5 Å². The van der Waals surface area contributed by atoms with Crippen LogP contribution in [0.25, 0.3) is 10.9 Å². The Balaban J connectivity index is 1.38. The van der Waals surface area contributed by atoms with Crippen molar-refractivity contribution in [1.82, 2.24) is 14.4 Å². The Morgan fingerprint density at radius 2 is 1.42 bits per heavy atom. The monoisotopic (exact) mass is 357 g/mol. The SMILES string of the molecule is c1ccc2c(c1)c(CCCN1CCOCC1)cn2CCN1CCOCC1. The van der Waals surface area contributed by atoms with Gasteiger partial charge in [0.1, 0.15) is 0 Å². The zero-order chi connectivity index (χ0) is 17.6. The number of aryl methyl sites for hydroxylation is 1. The van der Waals surface area contributed by atoms with Gasteiger partial charge < -0.3 is 14.0 Å². The van der Waals surface area contributed by atoms with Gasteiger partial charge in [-0.1, -0.05) is 18.2 Å². The molecule has 0 unspecified atom stereocenters. The van der Waals surface area contributed by atoms with Crippen molar-refractivity contribution in [3.63, 3.8) is 0 Å². The van der Waals surface area contributed by atoms with Crippen molar-refractivity contribution >= 4 is 10.9 Å². The minimum absolute atomic E-state index is 0.874. The van der Waals surface area contributed by atoms with E-state index in [1.807, 2.05) is 0 Å². The predicted octanol–water partition coefficient (Wildman–Crippen LogP) is 2.24. The Morgan fingerprint density at radius 1 is 0.769 bits per heavy atom. The summed E-state index contributed by atoms with van der Waals surface area (Å²) < 4.78 is 13.4. The number of fused-ring (bicyclic) bond motifs is 1. The molecule has 0 radical (unpaired) electrons. The fourth-order valence-electron chi connectivity index (χ4n) is 4.10. The van der Waals surface area contributed by atoms with E-state index < -0.39 is 0 Å². The Morgan fingerprint density at radius 3 is 2.15 bits per heavy atom. The molecule has 0 amide bonds. The molecule has 0 aliphatic carbocycles. The summed E-state index contributed by atoms with van der Waals surface area (Å²) in [6.45, 7) is 11.2. The summed E-state index contributed by atoms with van der Waals surface area (Å²) in [6, 6.07) is 8.87. The summed E-state index contributed by atoms with van der Waals surface area (Å²) in [5, 5.41) is 1.43. The van der Waals surface area contributed by atoms with Crippen molar-refractivity contribution in [2.45, 2.75) is 19.4 Å². The molecule has 4 rings (SSSR count). The van der Waals surface area contributed by atoms with Crippen LogP contribution < -0.4 is 0 Å². The van der Waals surface area contributed by atoms with E-state index in [0.717, 1.165) is 72.1 Å². The normalized spacial score (nSPS) is 20.0. The van der Waals surface area contributed by atoms with Crippen molar-refractivity contribution in [3.8, 4) is 0 Å². The van der Waals surface area contributed by atoms with E-state index in [-0.39, 0.29) is 0 Å². The standard InChI is InChI=1S/C21H31N3O2/c1-2-6-21-20(5-1)19(4-3-7-22-10-14-25-15-11-22)18-24(21)9-8-23-12-16-26-17-13-23/h1-2,5-6,18H,3-4,7-17H2. The molecule has 0 bridgehead atoms. The van der Waals surface area contributed by atoms with Crippen molar-refractivity contribution < 1.29 is 9.47 Å². The second-order valence-electron chi connectivity index (χ2n) is 7.38. The first-order valence-electron chi connectivity index (χ1n) is 10.1. The van der Waals surface area contributed by atoms with Gasteiger partial charge in [0.05, 0.1) is 26.4 Å². The van der Waals surface area contributed by atoms with Gasteiger partial charge in [-0.25, -0.2) is 0 Å². The molecule has 2 aliphatic rings. The number of para-hydroxylation sites is 1. The van der Waals surface area contributed by atoms with Crippen LogP contribution in [-0.2, 0) is 22.4 Å². The van der Waals surface area contributed by atoms with Crippen LogP contribution in [0.3, 0.4) is 0 Å². The number of morpholine rings is 2. The van der Waals surface area contributed by atoms with Crippen LogP contribution in [0.1, 0.15) is 12.0 Å². The van der Waals surface area contributed by atoms with Crippen molar-refractivity contribution in [3.05, 3.63) is 36.0 Å². The second-order valence-corrected chi connectivity index (χ2v) is 7.38. The maximum atomic E-state index is 5.46. The lowest BCUT2D eigenvalue weighted by Gasteiger charge is -2.26. The summed E-state index contributed by atoms with van der Waals surface area (Å²) in [4.78, 5) is 5.04. The molecule has 2 aromatic rings. The highest BCUT2D eigenvalue weighted by Crippen LogP contribution is 2.23. The molecule has 26 heavy (non-hydrogen) atoms. The van der Waals surface area contributed by atoms with Crippen LogP contribution in [0.2, 0.25) is 0 Å². The first kappa shape index (κ1) is 18.0. The smallest absolute Gasteiger partial charge is 0.0594 e. The molecule has 0 saturated carbocycles. The van der Waals surface area contributed by atoms with Crippen molar-refractivity contribution in [2.75, 3.05) is 65.7 Å².